The van der Waals surface area contributed by atoms with Crippen LogP contribution in [0.3, 0.4) is 0 Å². The average Bonchev–Trinajstić information content (AvgIpc) is 2.94. The summed E-state index contributed by atoms with van der Waals surface area (Å²) in [4.78, 5) is 24.0. The fourth-order valence-electron chi connectivity index (χ4n) is 2.77. The maximum atomic E-state index is 12.2. The number of ether oxygens (including phenoxy) is 2. The number of fused-ring (bicyclic) bond motifs is 5. The Morgan fingerprint density at radius 2 is 1.91 bits per heavy atom. The van der Waals surface area contributed by atoms with Gasteiger partial charge in [0, 0.05) is 10.8 Å². The van der Waals surface area contributed by atoms with Crippen LogP contribution in [0.25, 0.3) is 21.7 Å². The summed E-state index contributed by atoms with van der Waals surface area (Å²) in [6.07, 6.45) is 0. The minimum Gasteiger partial charge on any atom is -0.507 e. The number of aromatic hydroxyl groups is 1. The van der Waals surface area contributed by atoms with Crippen LogP contribution in [-0.4, -0.2) is 17.7 Å². The lowest BCUT2D eigenvalue weighted by atomic mass is 10.0. The van der Waals surface area contributed by atoms with E-state index in [-0.39, 0.29) is 23.7 Å². The molecule has 2 heterocycles. The Hall–Kier alpha value is -3.02. The third-order valence-corrected chi connectivity index (χ3v) is 3.71. The maximum Gasteiger partial charge on any atom is 0.344 e. The van der Waals surface area contributed by atoms with Gasteiger partial charge in [-0.2, -0.15) is 0 Å². The van der Waals surface area contributed by atoms with E-state index in [0.29, 0.717) is 27.7 Å². The number of ketones is 1. The maximum absolute atomic E-state index is 12.2. The number of Topliss-reactive ketones (excluding diaryl/α,β-unsaturated/α-hetero) is 1. The summed E-state index contributed by atoms with van der Waals surface area (Å²) in [7, 11) is 0. The zero-order chi connectivity index (χ0) is 15.4. The van der Waals surface area contributed by atoms with Gasteiger partial charge in [0.2, 0.25) is 6.79 Å². The summed E-state index contributed by atoms with van der Waals surface area (Å²) in [5.41, 5.74) is -0.573. The van der Waals surface area contributed by atoms with Gasteiger partial charge in [0.1, 0.15) is 11.3 Å². The van der Waals surface area contributed by atoms with Crippen molar-refractivity contribution in [2.45, 2.75) is 6.92 Å². The predicted octanol–water partition coefficient (Wildman–Crippen LogP) is 2.58. The first-order chi connectivity index (χ1) is 10.6. The van der Waals surface area contributed by atoms with Gasteiger partial charge < -0.3 is 19.0 Å². The van der Waals surface area contributed by atoms with Crippen molar-refractivity contribution in [3.63, 3.8) is 0 Å². The molecule has 4 rings (SSSR count). The highest BCUT2D eigenvalue weighted by molar-refractivity contribution is 6.15. The Morgan fingerprint density at radius 3 is 2.68 bits per heavy atom. The molecule has 0 atom stereocenters. The molecule has 0 spiro atoms. The average molecular weight is 298 g/mol. The van der Waals surface area contributed by atoms with Crippen molar-refractivity contribution in [2.75, 3.05) is 6.79 Å². The minimum atomic E-state index is -0.603. The van der Waals surface area contributed by atoms with Crippen LogP contribution < -0.4 is 15.1 Å². The van der Waals surface area contributed by atoms with Crippen molar-refractivity contribution >= 4 is 27.5 Å². The lowest BCUT2D eigenvalue weighted by Gasteiger charge is -2.09. The molecule has 110 valence electrons. The lowest BCUT2D eigenvalue weighted by Crippen LogP contribution is -2.04. The standard InChI is InChI=1S/C16H10O6/c1-7(17)12-10(18)4-2-8-13-9(16(19)22-14(8)12)3-5-11-15(13)21-6-20-11/h2-5,18H,6H2,1H3. The Morgan fingerprint density at radius 1 is 1.14 bits per heavy atom. The van der Waals surface area contributed by atoms with Crippen LogP contribution in [0, 0.1) is 0 Å². The SMILES string of the molecule is CC(=O)c1c(O)ccc2c1oc(=O)c1ccc3c(c12)OCO3. The zero-order valence-electron chi connectivity index (χ0n) is 11.5. The third kappa shape index (κ3) is 1.54. The van der Waals surface area contributed by atoms with Crippen LogP contribution in [0.4, 0.5) is 0 Å². The van der Waals surface area contributed by atoms with Gasteiger partial charge in [-0.1, -0.05) is 0 Å². The molecule has 0 saturated heterocycles. The van der Waals surface area contributed by atoms with Gasteiger partial charge in [0.05, 0.1) is 5.39 Å². The van der Waals surface area contributed by atoms with E-state index in [2.05, 4.69) is 0 Å². The summed E-state index contributed by atoms with van der Waals surface area (Å²) in [6.45, 7) is 1.36. The van der Waals surface area contributed by atoms with Gasteiger partial charge in [-0.3, -0.25) is 4.79 Å². The van der Waals surface area contributed by atoms with E-state index >= 15 is 0 Å². The number of benzene rings is 2. The molecule has 1 N–H and O–H groups in total. The monoisotopic (exact) mass is 298 g/mol. The van der Waals surface area contributed by atoms with Gasteiger partial charge >= 0.3 is 5.63 Å². The van der Waals surface area contributed by atoms with E-state index in [1.165, 1.54) is 13.0 Å². The number of hydrogen-bond acceptors (Lipinski definition) is 6. The Labute approximate surface area is 123 Å². The van der Waals surface area contributed by atoms with Gasteiger partial charge in [-0.15, -0.1) is 0 Å². The quantitative estimate of drug-likeness (QED) is 0.422. The third-order valence-electron chi connectivity index (χ3n) is 3.71. The molecule has 0 fully saturated rings. The van der Waals surface area contributed by atoms with Crippen molar-refractivity contribution in [1.29, 1.82) is 0 Å². The van der Waals surface area contributed by atoms with Crippen LogP contribution in [0.5, 0.6) is 17.2 Å². The molecule has 0 radical (unpaired) electrons. The van der Waals surface area contributed by atoms with Gasteiger partial charge in [0.15, 0.2) is 22.9 Å². The molecule has 0 aliphatic carbocycles. The summed E-state index contributed by atoms with van der Waals surface area (Å²) >= 11 is 0. The molecule has 1 aliphatic heterocycles. The highest BCUT2D eigenvalue weighted by Gasteiger charge is 2.23. The van der Waals surface area contributed by atoms with E-state index in [0.717, 1.165) is 0 Å². The van der Waals surface area contributed by atoms with Crippen LogP contribution in [0.1, 0.15) is 17.3 Å². The fourth-order valence-corrected chi connectivity index (χ4v) is 2.77. The van der Waals surface area contributed by atoms with Crippen molar-refractivity contribution in [2.24, 2.45) is 0 Å². The molecule has 3 aromatic rings. The molecule has 2 aromatic carbocycles. The number of carbonyl (C=O) groups excluding carboxylic acids is 1. The topological polar surface area (TPSA) is 86.0 Å². The summed E-state index contributed by atoms with van der Waals surface area (Å²) in [6, 6.07) is 6.21. The van der Waals surface area contributed by atoms with Crippen LogP contribution in [-0.2, 0) is 0 Å². The smallest absolute Gasteiger partial charge is 0.344 e. The molecule has 0 amide bonds. The number of carbonyl (C=O) groups is 1. The molecular formula is C16H10O6. The molecule has 0 unspecified atom stereocenters. The fraction of sp³-hybridized carbons (Fsp3) is 0.125. The molecule has 22 heavy (non-hydrogen) atoms. The molecule has 1 aliphatic rings. The first kappa shape index (κ1) is 12.7. The second-order valence-electron chi connectivity index (χ2n) is 5.00. The van der Waals surface area contributed by atoms with E-state index in [9.17, 15) is 14.7 Å². The van der Waals surface area contributed by atoms with Crippen molar-refractivity contribution in [1.82, 2.24) is 0 Å². The molecule has 6 heteroatoms. The lowest BCUT2D eigenvalue weighted by molar-refractivity contribution is 0.101. The largest absolute Gasteiger partial charge is 0.507 e. The molecule has 0 bridgehead atoms. The summed E-state index contributed by atoms with van der Waals surface area (Å²) in [5, 5.41) is 11.3. The van der Waals surface area contributed by atoms with Crippen molar-refractivity contribution in [3.05, 3.63) is 40.2 Å². The number of phenolic OH excluding ortho intramolecular Hbond substituents is 1. The Kier molecular flexibility index (Phi) is 2.45. The summed E-state index contributed by atoms with van der Waals surface area (Å²) in [5.74, 6) is 0.343. The van der Waals surface area contributed by atoms with Crippen LogP contribution in [0.2, 0.25) is 0 Å². The van der Waals surface area contributed by atoms with Crippen molar-refractivity contribution < 1.29 is 23.8 Å². The Balaban J connectivity index is 2.30. The van der Waals surface area contributed by atoms with E-state index in [4.69, 9.17) is 13.9 Å². The van der Waals surface area contributed by atoms with E-state index < -0.39 is 11.4 Å². The second kappa shape index (κ2) is 4.24. The number of hydrogen-bond donors (Lipinski definition) is 1. The van der Waals surface area contributed by atoms with Gasteiger partial charge in [-0.05, 0) is 31.2 Å². The molecule has 0 saturated carbocycles. The summed E-state index contributed by atoms with van der Waals surface area (Å²) < 4.78 is 16.1. The highest BCUT2D eigenvalue weighted by atomic mass is 16.7. The Bertz CT molecular complexity index is 1010. The second-order valence-corrected chi connectivity index (χ2v) is 5.00. The number of phenols is 1. The van der Waals surface area contributed by atoms with E-state index in [1.54, 1.807) is 18.2 Å². The van der Waals surface area contributed by atoms with Crippen molar-refractivity contribution in [3.8, 4) is 17.2 Å². The first-order valence-electron chi connectivity index (χ1n) is 6.60. The first-order valence-corrected chi connectivity index (χ1v) is 6.60. The molecule has 1 aromatic heterocycles. The van der Waals surface area contributed by atoms with E-state index in [1.807, 2.05) is 0 Å². The predicted molar refractivity (Wildman–Crippen MR) is 77.8 cm³/mol. The zero-order valence-corrected chi connectivity index (χ0v) is 11.5. The minimum absolute atomic E-state index is 0.0204. The van der Waals surface area contributed by atoms with Gasteiger partial charge in [0.25, 0.3) is 0 Å². The van der Waals surface area contributed by atoms with Crippen LogP contribution >= 0.6 is 0 Å². The number of rotatable bonds is 1. The molecular weight excluding hydrogens is 288 g/mol. The molecule has 6 nitrogen and oxygen atoms in total. The van der Waals surface area contributed by atoms with Crippen LogP contribution in [0.15, 0.2) is 33.5 Å². The highest BCUT2D eigenvalue weighted by Crippen LogP contribution is 2.42. The van der Waals surface area contributed by atoms with Gasteiger partial charge in [-0.25, -0.2) is 4.79 Å². The normalized spacial score (nSPS) is 13.0.